The molecule has 1 aromatic heterocycles. The molecule has 0 amide bonds. The van der Waals surface area contributed by atoms with Crippen LogP contribution in [0.2, 0.25) is 0 Å². The summed E-state index contributed by atoms with van der Waals surface area (Å²) in [5, 5.41) is 8.52. The SMILES string of the molecule is Cc1ccc(N2CC3CN(Cc4ccccc4)CC3C2)nn1. The minimum absolute atomic E-state index is 0.770. The Kier molecular flexibility index (Phi) is 3.54. The maximum absolute atomic E-state index is 4.34. The Balaban J connectivity index is 1.37. The molecular formula is C18H22N4. The summed E-state index contributed by atoms with van der Waals surface area (Å²) in [7, 11) is 0. The van der Waals surface area contributed by atoms with Crippen molar-refractivity contribution in [3.05, 3.63) is 53.7 Å². The lowest BCUT2D eigenvalue weighted by atomic mass is 10.0. The maximum Gasteiger partial charge on any atom is 0.151 e. The predicted molar refractivity (Wildman–Crippen MR) is 87.7 cm³/mol. The molecule has 2 unspecified atom stereocenters. The molecule has 22 heavy (non-hydrogen) atoms. The van der Waals surface area contributed by atoms with Crippen LogP contribution in [-0.4, -0.2) is 41.3 Å². The van der Waals surface area contributed by atoms with Crippen LogP contribution in [0.25, 0.3) is 0 Å². The molecular weight excluding hydrogens is 272 g/mol. The van der Waals surface area contributed by atoms with E-state index >= 15 is 0 Å². The fourth-order valence-corrected chi connectivity index (χ4v) is 3.81. The van der Waals surface area contributed by atoms with Crippen molar-refractivity contribution in [1.29, 1.82) is 0 Å². The summed E-state index contributed by atoms with van der Waals surface area (Å²) in [4.78, 5) is 5.00. The Labute approximate surface area is 131 Å². The second-order valence-electron chi connectivity index (χ2n) is 6.64. The van der Waals surface area contributed by atoms with Crippen LogP contribution in [0.4, 0.5) is 5.82 Å². The molecule has 4 heteroatoms. The molecule has 0 spiro atoms. The Bertz CT molecular complexity index is 611. The van der Waals surface area contributed by atoms with Crippen LogP contribution >= 0.6 is 0 Å². The fourth-order valence-electron chi connectivity index (χ4n) is 3.81. The van der Waals surface area contributed by atoms with Gasteiger partial charge in [-0.3, -0.25) is 4.90 Å². The van der Waals surface area contributed by atoms with Gasteiger partial charge in [0.05, 0.1) is 5.69 Å². The largest absolute Gasteiger partial charge is 0.354 e. The van der Waals surface area contributed by atoms with Crippen molar-refractivity contribution in [2.75, 3.05) is 31.1 Å². The quantitative estimate of drug-likeness (QED) is 0.870. The summed E-state index contributed by atoms with van der Waals surface area (Å²) >= 11 is 0. The summed E-state index contributed by atoms with van der Waals surface area (Å²) in [6.45, 7) is 7.71. The summed E-state index contributed by atoms with van der Waals surface area (Å²) in [6, 6.07) is 14.9. The number of rotatable bonds is 3. The van der Waals surface area contributed by atoms with Crippen molar-refractivity contribution < 1.29 is 0 Å². The van der Waals surface area contributed by atoms with Crippen LogP contribution < -0.4 is 4.90 Å². The lowest BCUT2D eigenvalue weighted by Crippen LogP contribution is -2.29. The van der Waals surface area contributed by atoms with Crippen LogP contribution in [0.15, 0.2) is 42.5 Å². The minimum Gasteiger partial charge on any atom is -0.354 e. The van der Waals surface area contributed by atoms with Gasteiger partial charge in [0, 0.05) is 32.7 Å². The molecule has 3 heterocycles. The maximum atomic E-state index is 4.34. The van der Waals surface area contributed by atoms with Crippen molar-refractivity contribution in [2.24, 2.45) is 11.8 Å². The van der Waals surface area contributed by atoms with E-state index in [0.29, 0.717) is 0 Å². The zero-order valence-corrected chi connectivity index (χ0v) is 13.0. The van der Waals surface area contributed by atoms with E-state index in [4.69, 9.17) is 0 Å². The van der Waals surface area contributed by atoms with Gasteiger partial charge < -0.3 is 4.90 Å². The van der Waals surface area contributed by atoms with Gasteiger partial charge >= 0.3 is 0 Å². The number of aryl methyl sites for hydroxylation is 1. The summed E-state index contributed by atoms with van der Waals surface area (Å²) in [6.07, 6.45) is 0. The first-order chi connectivity index (χ1) is 10.8. The van der Waals surface area contributed by atoms with Gasteiger partial charge in [-0.05, 0) is 36.5 Å². The highest BCUT2D eigenvalue weighted by Crippen LogP contribution is 2.33. The number of aromatic nitrogens is 2. The number of hydrogen-bond acceptors (Lipinski definition) is 4. The smallest absolute Gasteiger partial charge is 0.151 e. The second kappa shape index (κ2) is 5.69. The van der Waals surface area contributed by atoms with Crippen molar-refractivity contribution in [2.45, 2.75) is 13.5 Å². The summed E-state index contributed by atoms with van der Waals surface area (Å²) in [5.41, 5.74) is 2.40. The standard InChI is InChI=1S/C18H22N4/c1-14-7-8-18(20-19-14)22-12-16-10-21(11-17(16)13-22)9-15-5-3-2-4-6-15/h2-8,16-17H,9-13H2,1H3. The number of fused-ring (bicyclic) bond motifs is 1. The van der Waals surface area contributed by atoms with E-state index in [0.717, 1.165) is 43.0 Å². The van der Waals surface area contributed by atoms with Gasteiger partial charge in [0.15, 0.2) is 5.82 Å². The number of nitrogens with zero attached hydrogens (tertiary/aromatic N) is 4. The van der Waals surface area contributed by atoms with E-state index in [2.05, 4.69) is 62.5 Å². The topological polar surface area (TPSA) is 32.3 Å². The lowest BCUT2D eigenvalue weighted by Gasteiger charge is -2.22. The average molecular weight is 294 g/mol. The molecule has 2 fully saturated rings. The Morgan fingerprint density at radius 1 is 0.909 bits per heavy atom. The molecule has 2 saturated heterocycles. The molecule has 0 N–H and O–H groups in total. The molecule has 2 aliphatic rings. The van der Waals surface area contributed by atoms with E-state index in [9.17, 15) is 0 Å². The fraction of sp³-hybridized carbons (Fsp3) is 0.444. The first kappa shape index (κ1) is 13.7. The van der Waals surface area contributed by atoms with Gasteiger partial charge in [0.2, 0.25) is 0 Å². The highest BCUT2D eigenvalue weighted by atomic mass is 15.3. The lowest BCUT2D eigenvalue weighted by molar-refractivity contribution is 0.309. The molecule has 0 aliphatic carbocycles. The van der Waals surface area contributed by atoms with E-state index in [1.54, 1.807) is 0 Å². The molecule has 0 saturated carbocycles. The highest BCUT2D eigenvalue weighted by molar-refractivity contribution is 5.39. The Morgan fingerprint density at radius 2 is 1.64 bits per heavy atom. The molecule has 1 aromatic carbocycles. The van der Waals surface area contributed by atoms with E-state index < -0.39 is 0 Å². The first-order valence-corrected chi connectivity index (χ1v) is 8.09. The molecule has 4 rings (SSSR count). The minimum atomic E-state index is 0.770. The van der Waals surface area contributed by atoms with E-state index in [1.807, 2.05) is 6.92 Å². The second-order valence-corrected chi connectivity index (χ2v) is 6.64. The highest BCUT2D eigenvalue weighted by Gasteiger charge is 2.40. The molecule has 0 bridgehead atoms. The van der Waals surface area contributed by atoms with Crippen molar-refractivity contribution in [3.8, 4) is 0 Å². The number of hydrogen-bond donors (Lipinski definition) is 0. The number of likely N-dealkylation sites (tertiary alicyclic amines) is 1. The van der Waals surface area contributed by atoms with E-state index in [-0.39, 0.29) is 0 Å². The summed E-state index contributed by atoms with van der Waals surface area (Å²) < 4.78 is 0. The molecule has 0 radical (unpaired) electrons. The number of anilines is 1. The molecule has 114 valence electrons. The van der Waals surface area contributed by atoms with Gasteiger partial charge in [0.1, 0.15) is 0 Å². The van der Waals surface area contributed by atoms with Crippen LogP contribution in [0.1, 0.15) is 11.3 Å². The van der Waals surface area contributed by atoms with Crippen LogP contribution in [0.5, 0.6) is 0 Å². The van der Waals surface area contributed by atoms with Crippen LogP contribution in [-0.2, 0) is 6.54 Å². The van der Waals surface area contributed by atoms with Gasteiger partial charge in [-0.2, -0.15) is 5.10 Å². The molecule has 2 atom stereocenters. The third kappa shape index (κ3) is 2.71. The van der Waals surface area contributed by atoms with Gasteiger partial charge in [-0.1, -0.05) is 30.3 Å². The van der Waals surface area contributed by atoms with Gasteiger partial charge in [-0.15, -0.1) is 5.10 Å². The third-order valence-corrected chi connectivity index (χ3v) is 4.92. The normalized spacial score (nSPS) is 24.7. The van der Waals surface area contributed by atoms with Crippen LogP contribution in [0.3, 0.4) is 0 Å². The zero-order chi connectivity index (χ0) is 14.9. The average Bonchev–Trinajstić information content (AvgIpc) is 3.07. The number of benzene rings is 1. The van der Waals surface area contributed by atoms with Crippen molar-refractivity contribution >= 4 is 5.82 Å². The Hall–Kier alpha value is -1.94. The summed E-state index contributed by atoms with van der Waals surface area (Å²) in [5.74, 6) is 2.58. The van der Waals surface area contributed by atoms with Gasteiger partial charge in [-0.25, -0.2) is 0 Å². The molecule has 2 aromatic rings. The Morgan fingerprint density at radius 3 is 2.27 bits per heavy atom. The monoisotopic (exact) mass is 294 g/mol. The first-order valence-electron chi connectivity index (χ1n) is 8.09. The van der Waals surface area contributed by atoms with Crippen LogP contribution in [0, 0.1) is 18.8 Å². The molecule has 4 nitrogen and oxygen atoms in total. The predicted octanol–water partition coefficient (Wildman–Crippen LogP) is 2.35. The third-order valence-electron chi connectivity index (χ3n) is 4.92. The van der Waals surface area contributed by atoms with E-state index in [1.165, 1.54) is 18.7 Å². The van der Waals surface area contributed by atoms with Gasteiger partial charge in [0.25, 0.3) is 0 Å². The zero-order valence-electron chi connectivity index (χ0n) is 13.0. The van der Waals surface area contributed by atoms with Crippen molar-refractivity contribution in [1.82, 2.24) is 15.1 Å². The van der Waals surface area contributed by atoms with Crippen molar-refractivity contribution in [3.63, 3.8) is 0 Å². The molecule has 2 aliphatic heterocycles.